The number of alkyl halides is 3. The lowest BCUT2D eigenvalue weighted by atomic mass is 10.1. The fraction of sp³-hybridized carbons (Fsp3) is 0.200. The van der Waals surface area contributed by atoms with E-state index in [0.717, 1.165) is 22.1 Å². The molecule has 3 aromatic rings. The highest BCUT2D eigenvalue weighted by molar-refractivity contribution is 7.92. The second-order valence-corrected chi connectivity index (χ2v) is 9.49. The van der Waals surface area contributed by atoms with Gasteiger partial charge in [0.05, 0.1) is 29.0 Å². The summed E-state index contributed by atoms with van der Waals surface area (Å²) in [4.78, 5) is 12.5. The summed E-state index contributed by atoms with van der Waals surface area (Å²) >= 11 is 0. The number of rotatable bonds is 9. The van der Waals surface area contributed by atoms with Crippen LogP contribution in [0.1, 0.15) is 23.6 Å². The molecule has 0 aromatic heterocycles. The molecule has 7 nitrogen and oxygen atoms in total. The summed E-state index contributed by atoms with van der Waals surface area (Å²) in [7, 11) is -4.18. The van der Waals surface area contributed by atoms with Crippen molar-refractivity contribution in [3.05, 3.63) is 89.5 Å². The third-order valence-electron chi connectivity index (χ3n) is 4.99. The van der Waals surface area contributed by atoms with Gasteiger partial charge in [-0.05, 0) is 56.3 Å². The molecule has 3 aromatic carbocycles. The molecule has 0 spiro atoms. The van der Waals surface area contributed by atoms with Gasteiger partial charge in [0.25, 0.3) is 15.9 Å². The molecule has 0 unspecified atom stereocenters. The number of nitrogens with one attached hydrogen (secondary N) is 1. The Morgan fingerprint density at radius 1 is 1.03 bits per heavy atom. The Bertz CT molecular complexity index is 1320. The van der Waals surface area contributed by atoms with E-state index in [1.54, 1.807) is 31.2 Å². The van der Waals surface area contributed by atoms with Gasteiger partial charge in [-0.2, -0.15) is 18.3 Å². The van der Waals surface area contributed by atoms with E-state index >= 15 is 0 Å². The summed E-state index contributed by atoms with van der Waals surface area (Å²) in [6.07, 6.45) is -3.74. The van der Waals surface area contributed by atoms with E-state index in [-0.39, 0.29) is 16.1 Å². The summed E-state index contributed by atoms with van der Waals surface area (Å²) in [5.74, 6) is -0.351. The molecule has 0 saturated carbocycles. The molecule has 11 heteroatoms. The number of hydrazone groups is 1. The Balaban J connectivity index is 1.84. The number of hydrogen-bond donors (Lipinski definition) is 1. The predicted octanol–water partition coefficient (Wildman–Crippen LogP) is 4.76. The zero-order valence-corrected chi connectivity index (χ0v) is 20.3. The first-order valence-electron chi connectivity index (χ1n) is 10.8. The van der Waals surface area contributed by atoms with Crippen molar-refractivity contribution < 1.29 is 31.1 Å². The minimum atomic E-state index is -4.60. The SMILES string of the molecule is CCOc1ccc(S(=O)(=O)N(CC(=O)NN=Cc2ccccc2C(F)(F)F)c2ccc(C)cc2)cc1. The van der Waals surface area contributed by atoms with Crippen molar-refractivity contribution >= 4 is 27.8 Å². The minimum absolute atomic E-state index is 0.0677. The third-order valence-corrected chi connectivity index (χ3v) is 6.78. The average molecular weight is 520 g/mol. The molecule has 1 N–H and O–H groups in total. The Kier molecular flexibility index (Phi) is 8.36. The standard InChI is InChI=1S/C25H24F3N3O4S/c1-3-35-21-12-14-22(15-13-21)36(33,34)31(20-10-8-18(2)9-11-20)17-24(32)30-29-16-19-6-4-5-7-23(19)25(26,27)28/h4-16H,3,17H2,1-2H3,(H,30,32). The van der Waals surface area contributed by atoms with Crippen LogP contribution in [-0.4, -0.2) is 33.7 Å². The van der Waals surface area contributed by atoms with E-state index in [2.05, 4.69) is 10.5 Å². The van der Waals surface area contributed by atoms with Crippen molar-refractivity contribution in [2.75, 3.05) is 17.5 Å². The highest BCUT2D eigenvalue weighted by atomic mass is 32.2. The number of aryl methyl sites for hydroxylation is 1. The van der Waals surface area contributed by atoms with E-state index in [0.29, 0.717) is 12.4 Å². The van der Waals surface area contributed by atoms with Crippen molar-refractivity contribution in [2.24, 2.45) is 5.10 Å². The van der Waals surface area contributed by atoms with Crippen LogP contribution >= 0.6 is 0 Å². The molecule has 0 fully saturated rings. The third kappa shape index (κ3) is 6.63. The van der Waals surface area contributed by atoms with Crippen LogP contribution in [0.4, 0.5) is 18.9 Å². The van der Waals surface area contributed by atoms with Crippen molar-refractivity contribution in [3.8, 4) is 5.75 Å². The number of benzene rings is 3. The van der Waals surface area contributed by atoms with E-state index < -0.39 is 34.2 Å². The fourth-order valence-corrected chi connectivity index (χ4v) is 4.66. The average Bonchev–Trinajstić information content (AvgIpc) is 2.83. The van der Waals surface area contributed by atoms with Crippen molar-refractivity contribution in [3.63, 3.8) is 0 Å². The van der Waals surface area contributed by atoms with Gasteiger partial charge in [-0.3, -0.25) is 9.10 Å². The number of anilines is 1. The molecule has 0 radical (unpaired) electrons. The Morgan fingerprint density at radius 2 is 1.67 bits per heavy atom. The molecule has 0 heterocycles. The zero-order valence-electron chi connectivity index (χ0n) is 19.5. The monoisotopic (exact) mass is 519 g/mol. The lowest BCUT2D eigenvalue weighted by Gasteiger charge is -2.24. The van der Waals surface area contributed by atoms with Gasteiger partial charge in [0.15, 0.2) is 0 Å². The maximum atomic E-state index is 13.4. The highest BCUT2D eigenvalue weighted by Gasteiger charge is 2.32. The molecule has 0 saturated heterocycles. The van der Waals surface area contributed by atoms with Gasteiger partial charge in [0.1, 0.15) is 12.3 Å². The number of sulfonamides is 1. The van der Waals surface area contributed by atoms with E-state index in [9.17, 15) is 26.4 Å². The van der Waals surface area contributed by atoms with Crippen LogP contribution in [0.15, 0.2) is 82.8 Å². The van der Waals surface area contributed by atoms with E-state index in [1.807, 2.05) is 6.92 Å². The number of halogens is 3. The molecule has 0 aliphatic carbocycles. The largest absolute Gasteiger partial charge is 0.494 e. The van der Waals surface area contributed by atoms with Crippen LogP contribution in [0.5, 0.6) is 5.75 Å². The van der Waals surface area contributed by atoms with E-state index in [4.69, 9.17) is 4.74 Å². The summed E-state index contributed by atoms with van der Waals surface area (Å²) in [5.41, 5.74) is 2.06. The van der Waals surface area contributed by atoms with Gasteiger partial charge < -0.3 is 4.74 Å². The number of ether oxygens (including phenoxy) is 1. The van der Waals surface area contributed by atoms with Gasteiger partial charge in [-0.1, -0.05) is 35.9 Å². The van der Waals surface area contributed by atoms with Crippen LogP contribution in [-0.2, 0) is 21.0 Å². The summed E-state index contributed by atoms with van der Waals surface area (Å²) in [5, 5.41) is 3.60. The predicted molar refractivity (Wildman–Crippen MR) is 131 cm³/mol. The first-order valence-corrected chi connectivity index (χ1v) is 12.3. The maximum Gasteiger partial charge on any atom is 0.417 e. The number of nitrogens with zero attached hydrogens (tertiary/aromatic N) is 2. The molecular weight excluding hydrogens is 495 g/mol. The number of amides is 1. The maximum absolute atomic E-state index is 13.4. The molecule has 3 rings (SSSR count). The van der Waals surface area contributed by atoms with Crippen LogP contribution in [0.25, 0.3) is 0 Å². The van der Waals surface area contributed by atoms with Crippen LogP contribution in [0, 0.1) is 6.92 Å². The Hall–Kier alpha value is -3.86. The molecule has 1 amide bonds. The van der Waals surface area contributed by atoms with Gasteiger partial charge in [-0.25, -0.2) is 13.8 Å². The van der Waals surface area contributed by atoms with Gasteiger partial charge in [0, 0.05) is 5.56 Å². The van der Waals surface area contributed by atoms with Gasteiger partial charge in [0.2, 0.25) is 0 Å². The summed E-state index contributed by atoms with van der Waals surface area (Å²) < 4.78 is 72.5. The fourth-order valence-electron chi connectivity index (χ4n) is 3.24. The zero-order chi connectivity index (χ0) is 26.3. The lowest BCUT2D eigenvalue weighted by Crippen LogP contribution is -2.39. The van der Waals surface area contributed by atoms with Crippen molar-refractivity contribution in [2.45, 2.75) is 24.9 Å². The molecule has 0 aliphatic rings. The molecule has 0 aliphatic heterocycles. The van der Waals surface area contributed by atoms with Crippen LogP contribution < -0.4 is 14.5 Å². The molecule has 0 atom stereocenters. The van der Waals surface area contributed by atoms with Crippen LogP contribution in [0.3, 0.4) is 0 Å². The van der Waals surface area contributed by atoms with Crippen molar-refractivity contribution in [1.29, 1.82) is 0 Å². The smallest absolute Gasteiger partial charge is 0.417 e. The molecule has 0 bridgehead atoms. The number of hydrogen-bond acceptors (Lipinski definition) is 5. The summed E-state index contributed by atoms with van der Waals surface area (Å²) in [6.45, 7) is 3.38. The second kappa shape index (κ2) is 11.3. The highest BCUT2D eigenvalue weighted by Crippen LogP contribution is 2.31. The quantitative estimate of drug-likeness (QED) is 0.326. The number of carbonyl (C=O) groups excluding carboxylic acids is 1. The lowest BCUT2D eigenvalue weighted by molar-refractivity contribution is -0.137. The first-order chi connectivity index (χ1) is 17.0. The second-order valence-electron chi connectivity index (χ2n) is 7.63. The van der Waals surface area contributed by atoms with Crippen LogP contribution in [0.2, 0.25) is 0 Å². The van der Waals surface area contributed by atoms with E-state index in [1.165, 1.54) is 42.5 Å². The topological polar surface area (TPSA) is 88.1 Å². The first kappa shape index (κ1) is 26.7. The van der Waals surface area contributed by atoms with Gasteiger partial charge >= 0.3 is 6.18 Å². The van der Waals surface area contributed by atoms with Crippen molar-refractivity contribution in [1.82, 2.24) is 5.43 Å². The molecular formula is C25H24F3N3O4S. The molecule has 36 heavy (non-hydrogen) atoms. The number of carbonyl (C=O) groups is 1. The normalized spacial score (nSPS) is 11.9. The minimum Gasteiger partial charge on any atom is -0.494 e. The van der Waals surface area contributed by atoms with Gasteiger partial charge in [-0.15, -0.1) is 0 Å². The Morgan fingerprint density at radius 3 is 2.28 bits per heavy atom. The summed E-state index contributed by atoms with van der Waals surface area (Å²) in [6, 6.07) is 17.0. The molecule has 190 valence electrons. The Labute approximate surface area is 207 Å².